The molecule has 1 heterocycles. The van der Waals surface area contributed by atoms with Crippen LogP contribution in [0.5, 0.6) is 0 Å². The number of hydrogen-bond donors (Lipinski definition) is 0. The Bertz CT molecular complexity index is 612. The van der Waals surface area contributed by atoms with E-state index in [1.165, 1.54) is 26.0 Å². The molecule has 2 rings (SSSR count). The highest BCUT2D eigenvalue weighted by molar-refractivity contribution is 8.14. The van der Waals surface area contributed by atoms with Crippen LogP contribution >= 0.6 is 11.8 Å². The topological polar surface area (TPSA) is 65.1 Å². The fraction of sp³-hybridized carbons (Fsp3) is 0.579. The molecule has 0 unspecified atom stereocenters. The Kier molecular flexibility index (Phi) is 7.08. The van der Waals surface area contributed by atoms with Crippen molar-refractivity contribution >= 4 is 23.0 Å². The van der Waals surface area contributed by atoms with Gasteiger partial charge in [0.1, 0.15) is 5.60 Å². The van der Waals surface area contributed by atoms with E-state index >= 15 is 0 Å². The van der Waals surface area contributed by atoms with Crippen molar-refractivity contribution in [1.29, 1.82) is 0 Å². The van der Waals surface area contributed by atoms with E-state index in [2.05, 4.69) is 0 Å². The first-order valence-corrected chi connectivity index (χ1v) is 9.44. The summed E-state index contributed by atoms with van der Waals surface area (Å²) in [5, 5.41) is -0.0557. The molecule has 1 aromatic rings. The molecular formula is C19H27NO5S. The highest BCUT2D eigenvalue weighted by Gasteiger charge is 2.43. The van der Waals surface area contributed by atoms with Crippen molar-refractivity contribution < 1.29 is 23.8 Å². The van der Waals surface area contributed by atoms with Crippen LogP contribution in [0.15, 0.2) is 30.3 Å². The van der Waals surface area contributed by atoms with Gasteiger partial charge in [-0.05, 0) is 27.2 Å². The minimum Gasteiger partial charge on any atom is -0.444 e. The van der Waals surface area contributed by atoms with Crippen LogP contribution in [0.3, 0.4) is 0 Å². The Balaban J connectivity index is 2.11. The molecule has 1 aliphatic heterocycles. The van der Waals surface area contributed by atoms with Crippen molar-refractivity contribution in [3.63, 3.8) is 0 Å². The van der Waals surface area contributed by atoms with E-state index < -0.39 is 18.0 Å². The third-order valence-electron chi connectivity index (χ3n) is 4.00. The number of hydrogen-bond acceptors (Lipinski definition) is 6. The van der Waals surface area contributed by atoms with Crippen LogP contribution in [0.25, 0.3) is 0 Å². The van der Waals surface area contributed by atoms with Gasteiger partial charge in [0.05, 0.1) is 6.04 Å². The molecule has 144 valence electrons. The van der Waals surface area contributed by atoms with Crippen molar-refractivity contribution in [2.24, 2.45) is 0 Å². The summed E-state index contributed by atoms with van der Waals surface area (Å²) in [5.41, 5.74) is 0.0577. The summed E-state index contributed by atoms with van der Waals surface area (Å²) in [6.07, 6.45) is -0.397. The number of rotatable bonds is 5. The zero-order valence-corrected chi connectivity index (χ0v) is 16.7. The summed E-state index contributed by atoms with van der Waals surface area (Å²) in [7, 11) is 3.08. The van der Waals surface area contributed by atoms with Gasteiger partial charge < -0.3 is 14.2 Å². The highest BCUT2D eigenvalue weighted by atomic mass is 32.2. The average molecular weight is 381 g/mol. The van der Waals surface area contributed by atoms with Crippen LogP contribution in [0.2, 0.25) is 0 Å². The van der Waals surface area contributed by atoms with Gasteiger partial charge in [0, 0.05) is 31.6 Å². The quantitative estimate of drug-likeness (QED) is 0.727. The van der Waals surface area contributed by atoms with E-state index in [1.54, 1.807) is 17.0 Å². The molecule has 0 N–H and O–H groups in total. The minimum absolute atomic E-state index is 0.00762. The summed E-state index contributed by atoms with van der Waals surface area (Å²) in [6.45, 7) is 5.88. The predicted octanol–water partition coefficient (Wildman–Crippen LogP) is 3.56. The lowest BCUT2D eigenvalue weighted by atomic mass is 10.2. The second kappa shape index (κ2) is 8.88. The van der Waals surface area contributed by atoms with Gasteiger partial charge in [0.2, 0.25) is 5.12 Å². The molecule has 0 radical (unpaired) electrons. The van der Waals surface area contributed by atoms with Crippen LogP contribution in [0, 0.1) is 0 Å². The number of ether oxygens (including phenoxy) is 3. The summed E-state index contributed by atoms with van der Waals surface area (Å²) in [4.78, 5) is 26.7. The zero-order valence-electron chi connectivity index (χ0n) is 15.9. The average Bonchev–Trinajstić information content (AvgIpc) is 2.99. The lowest BCUT2D eigenvalue weighted by Gasteiger charge is -2.31. The largest absolute Gasteiger partial charge is 0.444 e. The van der Waals surface area contributed by atoms with Crippen LogP contribution in [-0.2, 0) is 14.2 Å². The van der Waals surface area contributed by atoms with Crippen LogP contribution < -0.4 is 0 Å². The lowest BCUT2D eigenvalue weighted by molar-refractivity contribution is -0.138. The fourth-order valence-electron chi connectivity index (χ4n) is 2.90. The number of thioether (sulfide) groups is 1. The van der Waals surface area contributed by atoms with Gasteiger partial charge in [-0.15, -0.1) is 0 Å². The molecule has 1 saturated heterocycles. The van der Waals surface area contributed by atoms with Gasteiger partial charge in [0.15, 0.2) is 6.29 Å². The summed E-state index contributed by atoms with van der Waals surface area (Å²) >= 11 is 1.24. The van der Waals surface area contributed by atoms with Crippen molar-refractivity contribution in [3.8, 4) is 0 Å². The zero-order chi connectivity index (χ0) is 19.3. The first-order chi connectivity index (χ1) is 12.2. The van der Waals surface area contributed by atoms with E-state index in [1.807, 2.05) is 39.0 Å². The van der Waals surface area contributed by atoms with E-state index in [4.69, 9.17) is 14.2 Å². The smallest absolute Gasteiger partial charge is 0.410 e. The molecule has 2 atom stereocenters. The predicted molar refractivity (Wildman–Crippen MR) is 101 cm³/mol. The number of amides is 1. The number of benzene rings is 1. The molecule has 26 heavy (non-hydrogen) atoms. The van der Waals surface area contributed by atoms with Gasteiger partial charge in [-0.1, -0.05) is 42.1 Å². The lowest BCUT2D eigenvalue weighted by Crippen LogP contribution is -2.46. The van der Waals surface area contributed by atoms with Crippen LogP contribution in [0.4, 0.5) is 4.79 Å². The Morgan fingerprint density at radius 2 is 1.77 bits per heavy atom. The number of carbonyl (C=O) groups excluding carboxylic acids is 2. The third kappa shape index (κ3) is 5.46. The highest BCUT2D eigenvalue weighted by Crippen LogP contribution is 2.33. The van der Waals surface area contributed by atoms with Gasteiger partial charge in [-0.3, -0.25) is 9.69 Å². The standard InChI is InChI=1S/C19H27NO5S/c1-19(2,3)25-18(22)20-12-14(11-15(20)17(23-4)24-5)26-16(21)13-9-7-6-8-10-13/h6-10,14-15,17H,11-12H2,1-5H3/t14-,15-/m0/s1. The minimum atomic E-state index is -0.595. The third-order valence-corrected chi connectivity index (χ3v) is 5.12. The SMILES string of the molecule is COC(OC)[C@@H]1C[C@H](SC(=O)c2ccccc2)CN1C(=O)OC(C)(C)C. The Morgan fingerprint density at radius 1 is 1.15 bits per heavy atom. The number of likely N-dealkylation sites (tertiary alicyclic amines) is 1. The van der Waals surface area contributed by atoms with Crippen molar-refractivity contribution in [2.45, 2.75) is 50.4 Å². The second-order valence-electron chi connectivity index (χ2n) is 7.17. The normalized spacial score (nSPS) is 20.5. The maximum atomic E-state index is 12.6. The van der Waals surface area contributed by atoms with E-state index in [-0.39, 0.29) is 16.4 Å². The fourth-order valence-corrected chi connectivity index (χ4v) is 4.01. The Hall–Kier alpha value is -1.57. The van der Waals surface area contributed by atoms with Gasteiger partial charge >= 0.3 is 6.09 Å². The van der Waals surface area contributed by atoms with Gasteiger partial charge in [0.25, 0.3) is 0 Å². The summed E-state index contributed by atoms with van der Waals surface area (Å²) in [6, 6.07) is 8.83. The van der Waals surface area contributed by atoms with E-state index in [0.29, 0.717) is 18.5 Å². The maximum Gasteiger partial charge on any atom is 0.410 e. The maximum absolute atomic E-state index is 12.6. The van der Waals surface area contributed by atoms with Gasteiger partial charge in [-0.2, -0.15) is 0 Å². The molecule has 0 bridgehead atoms. The van der Waals surface area contributed by atoms with Crippen LogP contribution in [-0.4, -0.2) is 60.1 Å². The summed E-state index contributed by atoms with van der Waals surface area (Å²) in [5.74, 6) is 0. The van der Waals surface area contributed by atoms with Gasteiger partial charge in [-0.25, -0.2) is 4.79 Å². The molecule has 0 aliphatic carbocycles. The Labute approximate surface area is 159 Å². The van der Waals surface area contributed by atoms with E-state index in [0.717, 1.165) is 0 Å². The number of methoxy groups -OCH3 is 2. The Morgan fingerprint density at radius 3 is 2.31 bits per heavy atom. The summed E-state index contributed by atoms with van der Waals surface area (Å²) < 4.78 is 16.2. The monoisotopic (exact) mass is 381 g/mol. The molecule has 1 aromatic carbocycles. The first kappa shape index (κ1) is 20.7. The second-order valence-corrected chi connectivity index (χ2v) is 8.44. The molecule has 1 fully saturated rings. The molecule has 6 nitrogen and oxygen atoms in total. The first-order valence-electron chi connectivity index (χ1n) is 8.56. The molecule has 7 heteroatoms. The van der Waals surface area contributed by atoms with Crippen molar-refractivity contribution in [3.05, 3.63) is 35.9 Å². The van der Waals surface area contributed by atoms with Crippen molar-refractivity contribution in [1.82, 2.24) is 4.90 Å². The van der Waals surface area contributed by atoms with E-state index in [9.17, 15) is 9.59 Å². The van der Waals surface area contributed by atoms with Crippen molar-refractivity contribution in [2.75, 3.05) is 20.8 Å². The van der Waals surface area contributed by atoms with Crippen LogP contribution in [0.1, 0.15) is 37.6 Å². The molecule has 0 spiro atoms. The molecule has 1 amide bonds. The number of nitrogens with zero attached hydrogens (tertiary/aromatic N) is 1. The molecule has 1 aliphatic rings. The molecular weight excluding hydrogens is 354 g/mol. The number of carbonyl (C=O) groups is 2. The molecule has 0 aromatic heterocycles. The molecule has 0 saturated carbocycles.